The van der Waals surface area contributed by atoms with Gasteiger partial charge in [0.15, 0.2) is 0 Å². The normalized spacial score (nSPS) is 16.3. The van der Waals surface area contributed by atoms with Crippen LogP contribution in [-0.4, -0.2) is 38.3 Å². The van der Waals surface area contributed by atoms with Crippen molar-refractivity contribution in [3.63, 3.8) is 0 Å². The highest BCUT2D eigenvalue weighted by atomic mass is 16.5. The number of rotatable bonds is 4. The van der Waals surface area contributed by atoms with Gasteiger partial charge in [-0.3, -0.25) is 25.0 Å². The Labute approximate surface area is 185 Å². The molecule has 1 saturated heterocycles. The molecule has 3 aromatic rings. The van der Waals surface area contributed by atoms with Crippen molar-refractivity contribution in [3.05, 3.63) is 60.2 Å². The fourth-order valence-corrected chi connectivity index (χ4v) is 4.00. The Bertz CT molecular complexity index is 1220. The molecule has 3 amide bonds. The van der Waals surface area contributed by atoms with Gasteiger partial charge in [-0.2, -0.15) is 0 Å². The minimum absolute atomic E-state index is 0.0652. The number of hydrogen-bond donors (Lipinski definition) is 1. The van der Waals surface area contributed by atoms with Gasteiger partial charge in [0.05, 0.1) is 16.8 Å². The van der Waals surface area contributed by atoms with Gasteiger partial charge >= 0.3 is 6.03 Å². The quantitative estimate of drug-likeness (QED) is 0.656. The first-order valence-corrected chi connectivity index (χ1v) is 10.6. The van der Waals surface area contributed by atoms with Crippen LogP contribution in [0.25, 0.3) is 11.3 Å². The summed E-state index contributed by atoms with van der Waals surface area (Å²) in [4.78, 5) is 39.3. The van der Waals surface area contributed by atoms with Gasteiger partial charge in [-0.05, 0) is 63.4 Å². The van der Waals surface area contributed by atoms with Gasteiger partial charge in [0, 0.05) is 36.3 Å². The number of likely N-dealkylation sites (tertiary alicyclic amines) is 1. The Morgan fingerprint density at radius 2 is 1.88 bits per heavy atom. The Morgan fingerprint density at radius 3 is 2.59 bits per heavy atom. The summed E-state index contributed by atoms with van der Waals surface area (Å²) in [7, 11) is 0. The summed E-state index contributed by atoms with van der Waals surface area (Å²) < 4.78 is 6.02. The molecule has 1 saturated carbocycles. The third kappa shape index (κ3) is 3.79. The molecule has 5 rings (SSSR count). The van der Waals surface area contributed by atoms with E-state index >= 15 is 0 Å². The lowest BCUT2D eigenvalue weighted by Crippen LogP contribution is -2.37. The zero-order valence-electron chi connectivity index (χ0n) is 18.0. The van der Waals surface area contributed by atoms with Crippen LogP contribution in [0.15, 0.2) is 48.8 Å². The van der Waals surface area contributed by atoms with Gasteiger partial charge in [-0.1, -0.05) is 0 Å². The molecule has 0 radical (unpaired) electrons. The minimum atomic E-state index is -0.425. The van der Waals surface area contributed by atoms with Crippen LogP contribution in [0.3, 0.4) is 0 Å². The van der Waals surface area contributed by atoms with Gasteiger partial charge in [0.1, 0.15) is 17.3 Å². The molecule has 4 heterocycles. The maximum absolute atomic E-state index is 12.5. The molecule has 1 N–H and O–H groups in total. The molecule has 3 aromatic heterocycles. The van der Waals surface area contributed by atoms with Crippen molar-refractivity contribution >= 4 is 17.8 Å². The van der Waals surface area contributed by atoms with Crippen molar-refractivity contribution in [1.82, 2.24) is 19.9 Å². The molecule has 32 heavy (non-hydrogen) atoms. The maximum Gasteiger partial charge on any atom is 0.329 e. The van der Waals surface area contributed by atoms with Crippen molar-refractivity contribution in [3.8, 4) is 22.8 Å². The van der Waals surface area contributed by atoms with Crippen LogP contribution in [-0.2, 0) is 4.79 Å². The number of nitrogens with one attached hydrogen (secondary N) is 1. The monoisotopic (exact) mass is 429 g/mol. The number of anilines is 1. The van der Waals surface area contributed by atoms with Crippen LogP contribution in [0.1, 0.15) is 30.7 Å². The highest BCUT2D eigenvalue weighted by Gasteiger charge is 2.56. The summed E-state index contributed by atoms with van der Waals surface area (Å²) in [5, 5.41) is 2.73. The van der Waals surface area contributed by atoms with E-state index in [0.717, 1.165) is 36.2 Å². The molecular formula is C24H23N5O3. The number of hydrogen-bond acceptors (Lipinski definition) is 6. The molecule has 1 aliphatic carbocycles. The average Bonchev–Trinajstić information content (AvgIpc) is 3.49. The molecule has 0 aromatic carbocycles. The number of nitrogens with zero attached hydrogens (tertiary/aromatic N) is 4. The van der Waals surface area contributed by atoms with Crippen molar-refractivity contribution in [1.29, 1.82) is 0 Å². The predicted octanol–water partition coefficient (Wildman–Crippen LogP) is 4.49. The second-order valence-electron chi connectivity index (χ2n) is 8.36. The van der Waals surface area contributed by atoms with Gasteiger partial charge in [0.2, 0.25) is 5.91 Å². The average molecular weight is 429 g/mol. The van der Waals surface area contributed by atoms with E-state index in [9.17, 15) is 9.59 Å². The van der Waals surface area contributed by atoms with Crippen LogP contribution >= 0.6 is 0 Å². The second-order valence-corrected chi connectivity index (χ2v) is 8.36. The molecule has 0 bridgehead atoms. The highest BCUT2D eigenvalue weighted by Crippen LogP contribution is 2.53. The van der Waals surface area contributed by atoms with E-state index in [1.165, 1.54) is 4.90 Å². The third-order valence-corrected chi connectivity index (χ3v) is 6.04. The van der Waals surface area contributed by atoms with Crippen molar-refractivity contribution in [2.75, 3.05) is 11.9 Å². The van der Waals surface area contributed by atoms with Crippen LogP contribution in [0.5, 0.6) is 11.5 Å². The molecule has 0 atom stereocenters. The summed E-state index contributed by atoms with van der Waals surface area (Å²) in [5.41, 5.74) is 3.01. The Kier molecular flexibility index (Phi) is 4.84. The highest BCUT2D eigenvalue weighted by molar-refractivity contribution is 6.05. The molecular weight excluding hydrogens is 406 g/mol. The first kappa shape index (κ1) is 20.1. The summed E-state index contributed by atoms with van der Waals surface area (Å²) >= 11 is 0. The van der Waals surface area contributed by atoms with E-state index in [-0.39, 0.29) is 11.3 Å². The first-order chi connectivity index (χ1) is 15.4. The number of carbonyl (C=O) groups excluding carboxylic acids is 2. The van der Waals surface area contributed by atoms with E-state index in [2.05, 4.69) is 20.3 Å². The number of aromatic nitrogens is 3. The molecule has 1 aliphatic heterocycles. The number of imide groups is 1. The van der Waals surface area contributed by atoms with Gasteiger partial charge in [-0.15, -0.1) is 0 Å². The Hall–Kier alpha value is -3.81. The lowest BCUT2D eigenvalue weighted by Gasteiger charge is -2.16. The molecule has 8 heteroatoms. The second kappa shape index (κ2) is 7.71. The van der Waals surface area contributed by atoms with Gasteiger partial charge < -0.3 is 4.74 Å². The molecule has 0 unspecified atom stereocenters. The van der Waals surface area contributed by atoms with E-state index in [4.69, 9.17) is 4.74 Å². The molecule has 2 aliphatic rings. The first-order valence-electron chi connectivity index (χ1n) is 10.6. The van der Waals surface area contributed by atoms with E-state index in [1.54, 1.807) is 37.5 Å². The summed E-state index contributed by atoms with van der Waals surface area (Å²) in [6.45, 7) is 4.20. The lowest BCUT2D eigenvalue weighted by atomic mass is 10.1. The lowest BCUT2D eigenvalue weighted by molar-refractivity contribution is -0.129. The number of carbonyl (C=O) groups is 2. The SMILES string of the molecule is Cc1cc(-c2cc(Oc3ccc(NC(=O)N4CCC5(CC5)C4=O)nc3C)ccn2)ccn1. The fraction of sp³-hybridized carbons (Fsp3) is 0.292. The van der Waals surface area contributed by atoms with Crippen LogP contribution in [0.4, 0.5) is 10.6 Å². The largest absolute Gasteiger partial charge is 0.455 e. The fourth-order valence-electron chi connectivity index (χ4n) is 4.00. The summed E-state index contributed by atoms with van der Waals surface area (Å²) in [6.07, 6.45) is 5.97. The van der Waals surface area contributed by atoms with Gasteiger partial charge in [-0.25, -0.2) is 9.78 Å². The number of ether oxygens (including phenoxy) is 1. The smallest absolute Gasteiger partial charge is 0.329 e. The number of amides is 3. The standard InChI is InChI=1S/C24H23N5O3/c1-15-13-17(5-10-25-15)19-14-18(6-11-26-19)32-20-3-4-21(27-16(20)2)28-23(31)29-12-9-24(7-8-24)22(29)30/h3-6,10-11,13-14H,7-9,12H2,1-2H3,(H,27,28,31). The zero-order chi connectivity index (χ0) is 22.3. The van der Waals surface area contributed by atoms with E-state index < -0.39 is 6.03 Å². The van der Waals surface area contributed by atoms with E-state index in [1.807, 2.05) is 25.1 Å². The summed E-state index contributed by atoms with van der Waals surface area (Å²) in [5.74, 6) is 1.51. The minimum Gasteiger partial charge on any atom is -0.455 e. The van der Waals surface area contributed by atoms with Crippen molar-refractivity contribution < 1.29 is 14.3 Å². The molecule has 2 fully saturated rings. The third-order valence-electron chi connectivity index (χ3n) is 6.04. The van der Waals surface area contributed by atoms with Crippen LogP contribution in [0, 0.1) is 19.3 Å². The van der Waals surface area contributed by atoms with Crippen molar-refractivity contribution in [2.24, 2.45) is 5.41 Å². The topological polar surface area (TPSA) is 97.3 Å². The number of urea groups is 1. The Morgan fingerprint density at radius 1 is 1.06 bits per heavy atom. The molecule has 8 nitrogen and oxygen atoms in total. The van der Waals surface area contributed by atoms with Crippen LogP contribution in [0.2, 0.25) is 0 Å². The number of pyridine rings is 3. The Balaban J connectivity index is 1.28. The predicted molar refractivity (Wildman–Crippen MR) is 118 cm³/mol. The number of aryl methyl sites for hydroxylation is 2. The molecule has 162 valence electrons. The van der Waals surface area contributed by atoms with Crippen LogP contribution < -0.4 is 10.1 Å². The molecule has 1 spiro atoms. The zero-order valence-corrected chi connectivity index (χ0v) is 18.0. The summed E-state index contributed by atoms with van der Waals surface area (Å²) in [6, 6.07) is 10.5. The maximum atomic E-state index is 12.5. The van der Waals surface area contributed by atoms with Gasteiger partial charge in [0.25, 0.3) is 0 Å². The van der Waals surface area contributed by atoms with Crippen molar-refractivity contribution in [2.45, 2.75) is 33.1 Å². The van der Waals surface area contributed by atoms with E-state index in [0.29, 0.717) is 29.6 Å².